The Morgan fingerprint density at radius 3 is 2.17 bits per heavy atom. The van der Waals surface area contributed by atoms with Crippen molar-refractivity contribution in [2.24, 2.45) is 0 Å². The average molecular weight is 701 g/mol. The first kappa shape index (κ1) is 35.3. The number of nitrogens with zero attached hydrogens (tertiary/aromatic N) is 2. The third-order valence-electron chi connectivity index (χ3n) is 7.47. The Hall–Kier alpha value is -3.56. The smallest absolute Gasteiger partial charge is 0.264 e. The summed E-state index contributed by atoms with van der Waals surface area (Å²) in [6, 6.07) is 26.0. The second-order valence-electron chi connectivity index (χ2n) is 10.9. The summed E-state index contributed by atoms with van der Waals surface area (Å²) in [6.07, 6.45) is 1.82. The number of nitrogens with one attached hydrogen (secondary N) is 1. The van der Waals surface area contributed by atoms with Crippen molar-refractivity contribution in [2.45, 2.75) is 50.6 Å². The molecule has 1 atom stereocenters. The maximum Gasteiger partial charge on any atom is 0.264 e. The van der Waals surface area contributed by atoms with Crippen LogP contribution in [-0.4, -0.2) is 44.3 Å². The fraction of sp³-hybridized carbons (Fsp3) is 0.257. The summed E-state index contributed by atoms with van der Waals surface area (Å²) in [7, 11) is -4.27. The summed E-state index contributed by atoms with van der Waals surface area (Å²) in [4.78, 5) is 29.8. The van der Waals surface area contributed by atoms with Gasteiger partial charge in [-0.1, -0.05) is 114 Å². The number of hydrogen-bond acceptors (Lipinski definition) is 4. The number of benzene rings is 4. The summed E-state index contributed by atoms with van der Waals surface area (Å²) in [6.45, 7) is 3.60. The molecule has 11 heteroatoms. The van der Waals surface area contributed by atoms with Gasteiger partial charge in [0.25, 0.3) is 10.0 Å². The number of aryl methyl sites for hydroxylation is 1. The summed E-state index contributed by atoms with van der Waals surface area (Å²) in [5.74, 6) is -0.977. The van der Waals surface area contributed by atoms with Crippen LogP contribution in [-0.2, 0) is 32.6 Å². The first-order chi connectivity index (χ1) is 22.0. The van der Waals surface area contributed by atoms with Crippen molar-refractivity contribution in [3.05, 3.63) is 129 Å². The van der Waals surface area contributed by atoms with Crippen molar-refractivity contribution < 1.29 is 18.0 Å². The number of carbonyl (C=O) groups is 2. The highest BCUT2D eigenvalue weighted by atomic mass is 35.5. The average Bonchev–Trinajstić information content (AvgIpc) is 3.03. The number of hydrogen-bond donors (Lipinski definition) is 1. The maximum atomic E-state index is 14.5. The molecule has 242 valence electrons. The normalized spacial score (nSPS) is 11.9. The number of rotatable bonds is 14. The molecule has 0 aromatic heterocycles. The van der Waals surface area contributed by atoms with Crippen LogP contribution in [0.5, 0.6) is 0 Å². The van der Waals surface area contributed by atoms with Crippen LogP contribution < -0.4 is 9.62 Å². The second-order valence-corrected chi connectivity index (χ2v) is 14.0. The third kappa shape index (κ3) is 9.04. The van der Waals surface area contributed by atoms with E-state index in [0.29, 0.717) is 22.2 Å². The SMILES string of the molecule is CCCCNC(=O)C(Cc1ccccc1)N(Cc1ccc(Cl)cc1Cl)C(=O)CN(c1ccccc1Cl)S(=O)(=O)c1ccc(C)cc1. The molecule has 4 aromatic rings. The van der Waals surface area contributed by atoms with E-state index >= 15 is 0 Å². The Kier molecular flexibility index (Phi) is 12.5. The van der Waals surface area contributed by atoms with Crippen molar-refractivity contribution in [1.82, 2.24) is 10.2 Å². The predicted molar refractivity (Wildman–Crippen MR) is 186 cm³/mol. The van der Waals surface area contributed by atoms with E-state index in [1.807, 2.05) is 44.2 Å². The monoisotopic (exact) mass is 699 g/mol. The van der Waals surface area contributed by atoms with Gasteiger partial charge in [-0.2, -0.15) is 0 Å². The van der Waals surface area contributed by atoms with E-state index in [0.717, 1.165) is 28.3 Å². The van der Waals surface area contributed by atoms with Gasteiger partial charge in [-0.25, -0.2) is 8.42 Å². The van der Waals surface area contributed by atoms with Gasteiger partial charge in [-0.05, 0) is 60.9 Å². The van der Waals surface area contributed by atoms with Gasteiger partial charge in [0.1, 0.15) is 12.6 Å². The van der Waals surface area contributed by atoms with Crippen LogP contribution in [0.2, 0.25) is 15.1 Å². The lowest BCUT2D eigenvalue weighted by molar-refractivity contribution is -0.140. The van der Waals surface area contributed by atoms with E-state index < -0.39 is 28.5 Å². The van der Waals surface area contributed by atoms with Crippen molar-refractivity contribution >= 4 is 62.3 Å². The zero-order chi connectivity index (χ0) is 33.3. The van der Waals surface area contributed by atoms with Crippen molar-refractivity contribution in [2.75, 3.05) is 17.4 Å². The highest BCUT2D eigenvalue weighted by Gasteiger charge is 2.35. The molecule has 0 aliphatic heterocycles. The molecule has 0 spiro atoms. The minimum Gasteiger partial charge on any atom is -0.354 e. The summed E-state index contributed by atoms with van der Waals surface area (Å²) in [5, 5.41) is 3.84. The molecule has 0 saturated carbocycles. The molecule has 46 heavy (non-hydrogen) atoms. The molecular weight excluding hydrogens is 665 g/mol. The van der Waals surface area contributed by atoms with Gasteiger partial charge in [0.15, 0.2) is 0 Å². The van der Waals surface area contributed by atoms with Crippen molar-refractivity contribution in [3.63, 3.8) is 0 Å². The van der Waals surface area contributed by atoms with Crippen LogP contribution >= 0.6 is 34.8 Å². The van der Waals surface area contributed by atoms with E-state index in [4.69, 9.17) is 34.8 Å². The van der Waals surface area contributed by atoms with Gasteiger partial charge >= 0.3 is 0 Å². The summed E-state index contributed by atoms with van der Waals surface area (Å²) >= 11 is 19.3. The molecule has 0 heterocycles. The van der Waals surface area contributed by atoms with E-state index in [1.54, 1.807) is 54.6 Å². The number of halogens is 3. The Bertz CT molecular complexity index is 1750. The predicted octanol–water partition coefficient (Wildman–Crippen LogP) is 7.71. The lowest BCUT2D eigenvalue weighted by Gasteiger charge is -2.34. The highest BCUT2D eigenvalue weighted by molar-refractivity contribution is 7.92. The molecule has 2 amide bonds. The largest absolute Gasteiger partial charge is 0.354 e. The Morgan fingerprint density at radius 1 is 0.848 bits per heavy atom. The van der Waals surface area contributed by atoms with Crippen molar-refractivity contribution in [1.29, 1.82) is 0 Å². The van der Waals surface area contributed by atoms with Crippen LogP contribution in [0.4, 0.5) is 5.69 Å². The third-order valence-corrected chi connectivity index (χ3v) is 10.1. The standard InChI is InChI=1S/C35H36Cl3N3O4S/c1-3-4-20-39-35(43)33(21-26-10-6-5-7-11-26)40(23-27-16-17-28(36)22-31(27)38)34(42)24-41(32-13-9-8-12-30(32)37)46(44,45)29-18-14-25(2)15-19-29/h5-19,22,33H,3-4,20-21,23-24H2,1-2H3,(H,39,43). The van der Waals surface area contributed by atoms with Crippen LogP contribution in [0, 0.1) is 6.92 Å². The van der Waals surface area contributed by atoms with E-state index in [1.165, 1.54) is 17.0 Å². The molecule has 1 N–H and O–H groups in total. The van der Waals surface area contributed by atoms with Gasteiger partial charge < -0.3 is 10.2 Å². The molecule has 0 saturated heterocycles. The molecule has 0 radical (unpaired) electrons. The molecule has 1 unspecified atom stereocenters. The Labute approximate surface area is 286 Å². The quantitative estimate of drug-likeness (QED) is 0.137. The lowest BCUT2D eigenvalue weighted by atomic mass is 10.0. The number of sulfonamides is 1. The van der Waals surface area contributed by atoms with Gasteiger partial charge in [0.2, 0.25) is 11.8 Å². The van der Waals surface area contributed by atoms with E-state index in [-0.39, 0.29) is 34.5 Å². The molecule has 0 aliphatic carbocycles. The van der Waals surface area contributed by atoms with Crippen LogP contribution in [0.1, 0.15) is 36.5 Å². The van der Waals surface area contributed by atoms with E-state index in [9.17, 15) is 18.0 Å². The Morgan fingerprint density at radius 2 is 1.52 bits per heavy atom. The zero-order valence-electron chi connectivity index (χ0n) is 25.6. The molecule has 7 nitrogen and oxygen atoms in total. The Balaban J connectivity index is 1.82. The lowest BCUT2D eigenvalue weighted by Crippen LogP contribution is -2.53. The minimum atomic E-state index is -4.27. The fourth-order valence-corrected chi connectivity index (χ4v) is 7.09. The number of para-hydroxylation sites is 1. The van der Waals surface area contributed by atoms with Crippen molar-refractivity contribution in [3.8, 4) is 0 Å². The summed E-state index contributed by atoms with van der Waals surface area (Å²) in [5.41, 5.74) is 2.38. The van der Waals surface area contributed by atoms with Crippen LogP contribution in [0.15, 0.2) is 102 Å². The molecule has 0 bridgehead atoms. The fourth-order valence-electron chi connectivity index (χ4n) is 4.90. The number of carbonyl (C=O) groups excluding carboxylic acids is 2. The van der Waals surface area contributed by atoms with Crippen LogP contribution in [0.25, 0.3) is 0 Å². The topological polar surface area (TPSA) is 86.8 Å². The van der Waals surface area contributed by atoms with Gasteiger partial charge in [0, 0.05) is 29.6 Å². The molecule has 4 aromatic carbocycles. The molecule has 4 rings (SSSR count). The second kappa shape index (κ2) is 16.3. The zero-order valence-corrected chi connectivity index (χ0v) is 28.7. The number of unbranched alkanes of at least 4 members (excludes halogenated alkanes) is 1. The number of amides is 2. The van der Waals surface area contributed by atoms with Crippen LogP contribution in [0.3, 0.4) is 0 Å². The van der Waals surface area contributed by atoms with E-state index in [2.05, 4.69) is 5.32 Å². The van der Waals surface area contributed by atoms with Gasteiger partial charge in [-0.3, -0.25) is 13.9 Å². The highest BCUT2D eigenvalue weighted by Crippen LogP contribution is 2.31. The van der Waals surface area contributed by atoms with Gasteiger partial charge in [-0.15, -0.1) is 0 Å². The molecule has 0 aliphatic rings. The molecular formula is C35H36Cl3N3O4S. The summed E-state index contributed by atoms with van der Waals surface area (Å²) < 4.78 is 29.3. The molecule has 0 fully saturated rings. The first-order valence-corrected chi connectivity index (χ1v) is 17.5. The minimum absolute atomic E-state index is 0.00346. The maximum absolute atomic E-state index is 14.5. The number of anilines is 1. The first-order valence-electron chi connectivity index (χ1n) is 14.9. The van der Waals surface area contributed by atoms with Gasteiger partial charge in [0.05, 0.1) is 15.6 Å².